The predicted octanol–water partition coefficient (Wildman–Crippen LogP) is 3.44. The molecule has 0 atom stereocenters. The van der Waals surface area contributed by atoms with E-state index in [0.717, 1.165) is 22.7 Å². The van der Waals surface area contributed by atoms with E-state index in [4.69, 9.17) is 0 Å². The Morgan fingerprint density at radius 2 is 1.47 bits per heavy atom. The minimum Gasteiger partial charge on any atom is -0.686 e. The van der Waals surface area contributed by atoms with Crippen LogP contribution in [0.3, 0.4) is 0 Å². The van der Waals surface area contributed by atoms with Gasteiger partial charge in [-0.05, 0) is 6.92 Å². The molecule has 17 heavy (non-hydrogen) atoms. The van der Waals surface area contributed by atoms with Gasteiger partial charge in [0.1, 0.15) is 0 Å². The minimum atomic E-state index is 0. The zero-order valence-corrected chi connectivity index (χ0v) is 14.3. The first-order valence-corrected chi connectivity index (χ1v) is 5.12. The maximum atomic E-state index is 3.98. The normalized spacial score (nSPS) is 12.1. The summed E-state index contributed by atoms with van der Waals surface area (Å²) in [6, 6.07) is 0. The molecule has 0 saturated heterocycles. The zero-order valence-electron chi connectivity index (χ0n) is 11.9. The maximum Gasteiger partial charge on any atom is 0.0279 e. The molecule has 1 radical (unpaired) electrons. The summed E-state index contributed by atoms with van der Waals surface area (Å²) in [5, 5.41) is 3.83. The molecule has 0 aromatic carbocycles. The summed E-state index contributed by atoms with van der Waals surface area (Å²) in [7, 11) is 5.22. The van der Waals surface area contributed by atoms with Crippen LogP contribution in [-0.2, 0) is 20.1 Å². The quantitative estimate of drug-likeness (QED) is 0.502. The summed E-state index contributed by atoms with van der Waals surface area (Å²) in [6.07, 6.45) is 3.00. The van der Waals surface area contributed by atoms with Gasteiger partial charge in [-0.1, -0.05) is 13.8 Å². The smallest absolute Gasteiger partial charge is 0.0279 e. The van der Waals surface area contributed by atoms with Crippen LogP contribution in [0.5, 0.6) is 0 Å². The van der Waals surface area contributed by atoms with Crippen molar-refractivity contribution in [3.63, 3.8) is 0 Å². The number of rotatable bonds is 3. The SMILES string of the molecule is C=C([N-]C)C(C)=NC.C[C-]=C(C)C(C)=NC.[Ir]. The second-order valence-electron chi connectivity index (χ2n) is 3.16. The predicted molar refractivity (Wildman–Crippen MR) is 74.6 cm³/mol. The molecule has 101 valence electrons. The van der Waals surface area contributed by atoms with E-state index in [9.17, 15) is 0 Å². The molecule has 3 nitrogen and oxygen atoms in total. The van der Waals surface area contributed by atoms with Crippen LogP contribution < -0.4 is 0 Å². The molecule has 0 rings (SSSR count). The van der Waals surface area contributed by atoms with E-state index in [2.05, 4.69) is 28.0 Å². The molecule has 0 unspecified atom stereocenters. The first-order chi connectivity index (χ1) is 7.44. The second-order valence-corrected chi connectivity index (χ2v) is 3.16. The van der Waals surface area contributed by atoms with Crippen LogP contribution in [0, 0.1) is 6.08 Å². The monoisotopic (exact) mass is 414 g/mol. The van der Waals surface area contributed by atoms with Gasteiger partial charge in [-0.15, -0.1) is 32.0 Å². The third-order valence-corrected chi connectivity index (χ3v) is 2.28. The molecular formula is C13H23IrN3-2. The van der Waals surface area contributed by atoms with E-state index in [-0.39, 0.29) is 20.1 Å². The molecule has 0 aliphatic heterocycles. The number of aliphatic imine (C=N–C) groups is 2. The molecule has 0 aromatic rings. The molecule has 0 aliphatic rings. The Bertz CT molecular complexity index is 286. The van der Waals surface area contributed by atoms with Gasteiger partial charge in [-0.3, -0.25) is 11.1 Å². The van der Waals surface area contributed by atoms with Gasteiger partial charge in [-0.25, -0.2) is 5.57 Å². The summed E-state index contributed by atoms with van der Waals surface area (Å²) in [5.41, 5.74) is 3.85. The Hall–Kier alpha value is -0.731. The van der Waals surface area contributed by atoms with E-state index in [1.54, 1.807) is 21.1 Å². The topological polar surface area (TPSA) is 38.8 Å². The van der Waals surface area contributed by atoms with Gasteiger partial charge in [-0.2, -0.15) is 0 Å². The van der Waals surface area contributed by atoms with Crippen LogP contribution in [0.2, 0.25) is 0 Å². The van der Waals surface area contributed by atoms with Crippen LogP contribution in [0.15, 0.2) is 27.8 Å². The fourth-order valence-electron chi connectivity index (χ4n) is 0.639. The summed E-state index contributed by atoms with van der Waals surface area (Å²) >= 11 is 0. The van der Waals surface area contributed by atoms with Crippen LogP contribution in [0.4, 0.5) is 0 Å². The minimum absolute atomic E-state index is 0. The summed E-state index contributed by atoms with van der Waals surface area (Å²) in [6.45, 7) is 11.4. The van der Waals surface area contributed by atoms with Gasteiger partial charge in [0.25, 0.3) is 0 Å². The average Bonchev–Trinajstić information content (AvgIpc) is 2.35. The first kappa shape index (κ1) is 21.5. The number of allylic oxidation sites excluding steroid dienone is 3. The molecule has 0 aliphatic carbocycles. The van der Waals surface area contributed by atoms with Gasteiger partial charge in [0.2, 0.25) is 0 Å². The molecule has 0 bridgehead atoms. The van der Waals surface area contributed by atoms with Crippen LogP contribution in [-0.4, -0.2) is 32.6 Å². The zero-order chi connectivity index (χ0) is 13.1. The Balaban J connectivity index is -0.000000218. The largest absolute Gasteiger partial charge is 0.686 e. The van der Waals surface area contributed by atoms with Gasteiger partial charge in [0.15, 0.2) is 0 Å². The Morgan fingerprint density at radius 1 is 1.06 bits per heavy atom. The average molecular weight is 414 g/mol. The van der Waals surface area contributed by atoms with Crippen LogP contribution >= 0.6 is 0 Å². The number of hydrogen-bond donors (Lipinski definition) is 0. The van der Waals surface area contributed by atoms with Crippen molar-refractivity contribution in [2.24, 2.45) is 9.98 Å². The van der Waals surface area contributed by atoms with Crippen molar-refractivity contribution in [3.8, 4) is 0 Å². The van der Waals surface area contributed by atoms with Crippen molar-refractivity contribution >= 4 is 11.4 Å². The van der Waals surface area contributed by atoms with E-state index in [1.807, 2.05) is 27.7 Å². The molecule has 0 aromatic heterocycles. The Kier molecular flexibility index (Phi) is 16.9. The summed E-state index contributed by atoms with van der Waals surface area (Å²) < 4.78 is 0. The third-order valence-electron chi connectivity index (χ3n) is 2.28. The number of hydrogen-bond acceptors (Lipinski definition) is 2. The molecule has 0 spiro atoms. The molecular weight excluding hydrogens is 390 g/mol. The molecule has 0 amide bonds. The summed E-state index contributed by atoms with van der Waals surface area (Å²) in [4.78, 5) is 7.86. The van der Waals surface area contributed by atoms with Crippen molar-refractivity contribution in [1.82, 2.24) is 0 Å². The number of nitrogens with zero attached hydrogens (tertiary/aromatic N) is 3. The van der Waals surface area contributed by atoms with Crippen LogP contribution in [0.25, 0.3) is 5.32 Å². The van der Waals surface area contributed by atoms with E-state index in [0.29, 0.717) is 0 Å². The van der Waals surface area contributed by atoms with Crippen molar-refractivity contribution in [3.05, 3.63) is 29.2 Å². The Morgan fingerprint density at radius 3 is 1.59 bits per heavy atom. The van der Waals surface area contributed by atoms with Gasteiger partial charge < -0.3 is 10.3 Å². The molecule has 0 heterocycles. The van der Waals surface area contributed by atoms with Gasteiger partial charge in [0, 0.05) is 39.9 Å². The van der Waals surface area contributed by atoms with Gasteiger partial charge in [0.05, 0.1) is 0 Å². The van der Waals surface area contributed by atoms with E-state index < -0.39 is 0 Å². The van der Waals surface area contributed by atoms with E-state index in [1.165, 1.54) is 0 Å². The van der Waals surface area contributed by atoms with Crippen molar-refractivity contribution in [1.29, 1.82) is 0 Å². The second kappa shape index (κ2) is 13.3. The Labute approximate surface area is 120 Å². The van der Waals surface area contributed by atoms with Crippen LogP contribution in [0.1, 0.15) is 27.7 Å². The third kappa shape index (κ3) is 11.5. The fraction of sp³-hybridized carbons (Fsp3) is 0.538. The van der Waals surface area contributed by atoms with Crippen molar-refractivity contribution in [2.45, 2.75) is 27.7 Å². The first-order valence-electron chi connectivity index (χ1n) is 5.12. The van der Waals surface area contributed by atoms with Crippen molar-refractivity contribution in [2.75, 3.05) is 21.1 Å². The standard InChI is InChI=1S/C7H12N.C6H11N2.Ir/c1-5-6(2)7(3)8-4;1-5(7-3)6(2)8-4;/h1-4H3;1H2,2-4H3;/q2*-1;. The summed E-state index contributed by atoms with van der Waals surface area (Å²) in [5.74, 6) is 0. The molecule has 0 fully saturated rings. The van der Waals surface area contributed by atoms with Gasteiger partial charge >= 0.3 is 0 Å². The van der Waals surface area contributed by atoms with Crippen molar-refractivity contribution < 1.29 is 20.1 Å². The van der Waals surface area contributed by atoms with E-state index >= 15 is 0 Å². The molecule has 0 N–H and O–H groups in total. The molecule has 4 heteroatoms. The maximum absolute atomic E-state index is 3.98. The molecule has 0 saturated carbocycles. The fourth-order valence-corrected chi connectivity index (χ4v) is 0.639.